The maximum atomic E-state index is 12.8. The van der Waals surface area contributed by atoms with Crippen molar-refractivity contribution in [2.45, 2.75) is 39.3 Å². The van der Waals surface area contributed by atoms with Gasteiger partial charge in [-0.2, -0.15) is 0 Å². The van der Waals surface area contributed by atoms with Crippen LogP contribution in [0.4, 0.5) is 5.69 Å². The Morgan fingerprint density at radius 2 is 2.00 bits per heavy atom. The van der Waals surface area contributed by atoms with E-state index in [-0.39, 0.29) is 12.3 Å². The van der Waals surface area contributed by atoms with Crippen molar-refractivity contribution in [2.75, 3.05) is 18.4 Å². The highest BCUT2D eigenvalue weighted by atomic mass is 16.1. The van der Waals surface area contributed by atoms with Gasteiger partial charge in [0.05, 0.1) is 6.54 Å². The van der Waals surface area contributed by atoms with Crippen LogP contribution in [0.1, 0.15) is 33.1 Å². The second-order valence-electron chi connectivity index (χ2n) is 6.47. The van der Waals surface area contributed by atoms with Gasteiger partial charge >= 0.3 is 0 Å². The molecule has 1 aliphatic carbocycles. The highest BCUT2D eigenvalue weighted by molar-refractivity contribution is 6.37. The summed E-state index contributed by atoms with van der Waals surface area (Å²) in [6.07, 6.45) is 3.23. The van der Waals surface area contributed by atoms with E-state index in [9.17, 15) is 9.59 Å². The molecule has 1 unspecified atom stereocenters. The number of nitrogens with zero attached hydrogens (tertiary/aromatic N) is 2. The van der Waals surface area contributed by atoms with E-state index >= 15 is 0 Å². The van der Waals surface area contributed by atoms with Crippen LogP contribution < -0.4 is 5.32 Å². The minimum atomic E-state index is -0.604. The fourth-order valence-corrected chi connectivity index (χ4v) is 3.44. The minimum Gasteiger partial charge on any atom is -0.378 e. The highest BCUT2D eigenvalue weighted by Crippen LogP contribution is 2.43. The number of rotatable bonds is 8. The SMILES string of the molecule is CCC1=C(C2CC2)N(CC)C(C(=O)CNc2ccccc2)N=C1C=O. The van der Waals surface area contributed by atoms with E-state index in [0.717, 1.165) is 36.8 Å². The van der Waals surface area contributed by atoms with Crippen LogP contribution in [0.5, 0.6) is 0 Å². The standard InChI is InChI=1S/C20H25N3O2/c1-3-16-17(13-24)22-20(23(4-2)19(16)14-10-11-14)18(25)12-21-15-8-6-5-7-9-15/h5-9,13-14,20-21H,3-4,10-12H2,1-2H3. The molecular weight excluding hydrogens is 314 g/mol. The predicted molar refractivity (Wildman–Crippen MR) is 99.6 cm³/mol. The molecule has 0 saturated heterocycles. The summed E-state index contributed by atoms with van der Waals surface area (Å²) >= 11 is 0. The van der Waals surface area contributed by atoms with E-state index in [1.165, 1.54) is 5.70 Å². The molecule has 3 rings (SSSR count). The third-order valence-corrected chi connectivity index (χ3v) is 4.78. The van der Waals surface area contributed by atoms with E-state index < -0.39 is 6.17 Å². The maximum Gasteiger partial charge on any atom is 0.196 e. The van der Waals surface area contributed by atoms with Gasteiger partial charge in [-0.3, -0.25) is 9.59 Å². The van der Waals surface area contributed by atoms with E-state index in [1.54, 1.807) is 0 Å². The van der Waals surface area contributed by atoms with Crippen molar-refractivity contribution >= 4 is 23.5 Å². The van der Waals surface area contributed by atoms with E-state index in [2.05, 4.69) is 15.2 Å². The van der Waals surface area contributed by atoms with Crippen LogP contribution in [-0.4, -0.2) is 41.9 Å². The quantitative estimate of drug-likeness (QED) is 0.740. The van der Waals surface area contributed by atoms with Crippen molar-refractivity contribution in [3.8, 4) is 0 Å². The van der Waals surface area contributed by atoms with Crippen molar-refractivity contribution in [2.24, 2.45) is 10.9 Å². The van der Waals surface area contributed by atoms with Crippen LogP contribution in [0.15, 0.2) is 46.6 Å². The van der Waals surface area contributed by atoms with Crippen LogP contribution in [-0.2, 0) is 9.59 Å². The van der Waals surface area contributed by atoms with Gasteiger partial charge in [0, 0.05) is 17.9 Å². The molecule has 1 aliphatic heterocycles. The number of benzene rings is 1. The van der Waals surface area contributed by atoms with Gasteiger partial charge in [-0.1, -0.05) is 25.1 Å². The molecule has 0 aromatic heterocycles. The molecule has 1 N–H and O–H groups in total. The Kier molecular flexibility index (Phi) is 5.31. The van der Waals surface area contributed by atoms with Crippen LogP contribution in [0.2, 0.25) is 0 Å². The first-order valence-corrected chi connectivity index (χ1v) is 9.04. The number of hydrogen-bond acceptors (Lipinski definition) is 5. The summed E-state index contributed by atoms with van der Waals surface area (Å²) in [5, 5.41) is 3.15. The summed E-state index contributed by atoms with van der Waals surface area (Å²) in [7, 11) is 0. The summed E-state index contributed by atoms with van der Waals surface area (Å²) in [4.78, 5) is 31.0. The minimum absolute atomic E-state index is 0.0154. The first-order chi connectivity index (χ1) is 12.2. The number of ketones is 1. The van der Waals surface area contributed by atoms with Gasteiger partial charge in [-0.05, 0) is 49.8 Å². The summed E-state index contributed by atoms with van der Waals surface area (Å²) in [6.45, 7) is 5.00. The topological polar surface area (TPSA) is 61.8 Å². The number of allylic oxidation sites excluding steroid dienone is 2. The second kappa shape index (κ2) is 7.64. The Labute approximate surface area is 148 Å². The van der Waals surface area contributed by atoms with Crippen LogP contribution in [0.25, 0.3) is 0 Å². The van der Waals surface area contributed by atoms with Crippen molar-refractivity contribution in [3.05, 3.63) is 41.6 Å². The molecule has 1 aromatic rings. The lowest BCUT2D eigenvalue weighted by molar-refractivity contribution is -0.121. The zero-order valence-electron chi connectivity index (χ0n) is 14.9. The Morgan fingerprint density at radius 3 is 2.56 bits per heavy atom. The molecule has 1 atom stereocenters. The van der Waals surface area contributed by atoms with Crippen molar-refractivity contribution < 1.29 is 9.59 Å². The zero-order valence-corrected chi connectivity index (χ0v) is 14.9. The van der Waals surface area contributed by atoms with E-state index in [1.807, 2.05) is 44.2 Å². The maximum absolute atomic E-state index is 12.8. The summed E-state index contributed by atoms with van der Waals surface area (Å²) in [6, 6.07) is 9.64. The average molecular weight is 339 g/mol. The Balaban J connectivity index is 1.82. The van der Waals surface area contributed by atoms with Crippen LogP contribution in [0.3, 0.4) is 0 Å². The van der Waals surface area contributed by atoms with Gasteiger partial charge in [0.15, 0.2) is 18.2 Å². The van der Waals surface area contributed by atoms with Gasteiger partial charge in [0.25, 0.3) is 0 Å². The molecule has 132 valence electrons. The number of Topliss-reactive ketones (excluding diaryl/α,β-unsaturated/α-hetero) is 1. The summed E-state index contributed by atoms with van der Waals surface area (Å²) in [5.74, 6) is 0.455. The van der Waals surface area contributed by atoms with E-state index in [0.29, 0.717) is 18.2 Å². The van der Waals surface area contributed by atoms with Crippen LogP contribution >= 0.6 is 0 Å². The molecule has 0 spiro atoms. The normalized spacial score (nSPS) is 20.3. The number of hydrogen-bond donors (Lipinski definition) is 1. The Morgan fingerprint density at radius 1 is 1.28 bits per heavy atom. The third-order valence-electron chi connectivity index (χ3n) is 4.78. The number of aliphatic imine (C=N–C) groups is 1. The lowest BCUT2D eigenvalue weighted by atomic mass is 9.98. The summed E-state index contributed by atoms with van der Waals surface area (Å²) < 4.78 is 0. The first-order valence-electron chi connectivity index (χ1n) is 9.04. The molecule has 1 heterocycles. The summed E-state index contributed by atoms with van der Waals surface area (Å²) in [5.41, 5.74) is 3.54. The molecular formula is C20H25N3O2. The van der Waals surface area contributed by atoms with Gasteiger partial charge in [-0.15, -0.1) is 0 Å². The Bertz CT molecular complexity index is 705. The number of nitrogens with one attached hydrogen (secondary N) is 1. The van der Waals surface area contributed by atoms with Crippen LogP contribution in [0, 0.1) is 5.92 Å². The Hall–Kier alpha value is -2.43. The molecule has 0 amide bonds. The van der Waals surface area contributed by atoms with Gasteiger partial charge in [0.1, 0.15) is 5.71 Å². The molecule has 2 aliphatic rings. The fourth-order valence-electron chi connectivity index (χ4n) is 3.44. The number of likely N-dealkylation sites (N-methyl/N-ethyl adjacent to an activating group) is 1. The number of anilines is 1. The molecule has 5 heteroatoms. The number of carbonyl (C=O) groups is 2. The average Bonchev–Trinajstić information content (AvgIpc) is 3.49. The molecule has 1 fully saturated rings. The molecule has 0 bridgehead atoms. The van der Waals surface area contributed by atoms with Gasteiger partial charge < -0.3 is 10.2 Å². The number of carbonyl (C=O) groups excluding carboxylic acids is 2. The predicted octanol–water partition coefficient (Wildman–Crippen LogP) is 3.04. The molecule has 1 saturated carbocycles. The van der Waals surface area contributed by atoms with Crippen molar-refractivity contribution in [1.82, 2.24) is 4.90 Å². The largest absolute Gasteiger partial charge is 0.378 e. The van der Waals surface area contributed by atoms with Crippen molar-refractivity contribution in [1.29, 1.82) is 0 Å². The first kappa shape index (κ1) is 17.4. The van der Waals surface area contributed by atoms with Gasteiger partial charge in [0.2, 0.25) is 0 Å². The molecule has 25 heavy (non-hydrogen) atoms. The zero-order chi connectivity index (χ0) is 17.8. The second-order valence-corrected chi connectivity index (χ2v) is 6.47. The van der Waals surface area contributed by atoms with Gasteiger partial charge in [-0.25, -0.2) is 4.99 Å². The molecule has 1 aromatic carbocycles. The number of aldehydes is 1. The fraction of sp³-hybridized carbons (Fsp3) is 0.450. The molecule has 5 nitrogen and oxygen atoms in total. The lowest BCUT2D eigenvalue weighted by Crippen LogP contribution is -2.46. The lowest BCUT2D eigenvalue weighted by Gasteiger charge is -2.37. The molecule has 0 radical (unpaired) electrons. The van der Waals surface area contributed by atoms with E-state index in [4.69, 9.17) is 0 Å². The number of para-hydroxylation sites is 1. The third kappa shape index (κ3) is 3.65. The highest BCUT2D eigenvalue weighted by Gasteiger charge is 2.39. The monoisotopic (exact) mass is 339 g/mol. The van der Waals surface area contributed by atoms with Crippen molar-refractivity contribution in [3.63, 3.8) is 0 Å². The smallest absolute Gasteiger partial charge is 0.196 e.